The summed E-state index contributed by atoms with van der Waals surface area (Å²) in [5.41, 5.74) is -1.88. The molecule has 5 nitrogen and oxygen atoms in total. The molecule has 2 fully saturated rings. The van der Waals surface area contributed by atoms with Gasteiger partial charge in [0.15, 0.2) is 0 Å². The minimum atomic E-state index is -5.08. The molecule has 2 saturated heterocycles. The molecule has 2 aliphatic rings. The van der Waals surface area contributed by atoms with Gasteiger partial charge >= 0.3 is 12.1 Å². The van der Waals surface area contributed by atoms with Gasteiger partial charge in [-0.3, -0.25) is 4.79 Å². The van der Waals surface area contributed by atoms with E-state index in [1.54, 1.807) is 4.90 Å². The standard InChI is InChI=1S/C11H18ClFN2O.C2HF3O2/c1-14-5-2-3-8-7-15(6-4-9(8)14)11(16)10(12)13;3-2(4,5)1(6)7/h8-10H,2-7H2,1H3;(H,6,7). The van der Waals surface area contributed by atoms with E-state index in [0.29, 0.717) is 25.0 Å². The maximum atomic E-state index is 12.7. The van der Waals surface area contributed by atoms with Crippen molar-refractivity contribution in [2.75, 3.05) is 26.7 Å². The number of nitrogens with zero attached hydrogens (tertiary/aromatic N) is 2. The number of hydrogen-bond donors (Lipinski definition) is 1. The fourth-order valence-electron chi connectivity index (χ4n) is 2.99. The van der Waals surface area contributed by atoms with Crippen molar-refractivity contribution >= 4 is 23.5 Å². The molecule has 0 aromatic carbocycles. The lowest BCUT2D eigenvalue weighted by Crippen LogP contribution is -2.54. The molecule has 0 radical (unpaired) electrons. The Kier molecular flexibility index (Phi) is 7.06. The number of carbonyl (C=O) groups excluding carboxylic acids is 1. The molecule has 0 aromatic heterocycles. The van der Waals surface area contributed by atoms with Crippen LogP contribution >= 0.6 is 11.6 Å². The van der Waals surface area contributed by atoms with E-state index in [4.69, 9.17) is 21.5 Å². The maximum Gasteiger partial charge on any atom is 0.490 e. The van der Waals surface area contributed by atoms with Crippen LogP contribution in [0.2, 0.25) is 0 Å². The first-order valence-electron chi connectivity index (χ1n) is 7.11. The van der Waals surface area contributed by atoms with Crippen LogP contribution in [0.3, 0.4) is 0 Å². The van der Waals surface area contributed by atoms with Gasteiger partial charge in [0.1, 0.15) is 0 Å². The van der Waals surface area contributed by atoms with Crippen molar-refractivity contribution in [3.05, 3.63) is 0 Å². The minimum absolute atomic E-state index is 0.492. The summed E-state index contributed by atoms with van der Waals surface area (Å²) in [4.78, 5) is 24.3. The van der Waals surface area contributed by atoms with E-state index in [-0.39, 0.29) is 0 Å². The second kappa shape index (κ2) is 8.14. The van der Waals surface area contributed by atoms with Crippen LogP contribution in [0.1, 0.15) is 19.3 Å². The number of carboxylic acid groups (broad SMARTS) is 1. The SMILES string of the molecule is CN1CCCC2CN(C(=O)C(F)Cl)CCC21.O=C(O)C(F)(F)F. The number of carboxylic acids is 1. The minimum Gasteiger partial charge on any atom is -0.475 e. The Bertz CT molecular complexity index is 434. The molecule has 0 spiro atoms. The molecule has 1 amide bonds. The lowest BCUT2D eigenvalue weighted by molar-refractivity contribution is -0.192. The van der Waals surface area contributed by atoms with Crippen LogP contribution in [0.5, 0.6) is 0 Å². The predicted molar refractivity (Wildman–Crippen MR) is 74.8 cm³/mol. The molecule has 0 bridgehead atoms. The third-order valence-corrected chi connectivity index (χ3v) is 4.27. The van der Waals surface area contributed by atoms with Crippen LogP contribution in [0.4, 0.5) is 17.6 Å². The molecular weight excluding hydrogens is 344 g/mol. The van der Waals surface area contributed by atoms with Crippen LogP contribution in [-0.4, -0.2) is 71.3 Å². The normalized spacial score (nSPS) is 26.6. The Morgan fingerprint density at radius 2 is 1.83 bits per heavy atom. The zero-order chi connectivity index (χ0) is 17.8. The Labute approximate surface area is 136 Å². The number of aliphatic carboxylic acids is 1. The van der Waals surface area contributed by atoms with E-state index in [2.05, 4.69) is 11.9 Å². The third kappa shape index (κ3) is 5.80. The average Bonchev–Trinajstić information content (AvgIpc) is 2.46. The molecule has 3 atom stereocenters. The highest BCUT2D eigenvalue weighted by atomic mass is 35.5. The number of amides is 1. The highest BCUT2D eigenvalue weighted by Crippen LogP contribution is 2.30. The van der Waals surface area contributed by atoms with Crippen molar-refractivity contribution in [3.63, 3.8) is 0 Å². The van der Waals surface area contributed by atoms with Crippen LogP contribution in [0.15, 0.2) is 0 Å². The highest BCUT2D eigenvalue weighted by Gasteiger charge is 2.38. The summed E-state index contributed by atoms with van der Waals surface area (Å²) in [5.74, 6) is -2.83. The number of hydrogen-bond acceptors (Lipinski definition) is 3. The Morgan fingerprint density at radius 3 is 2.30 bits per heavy atom. The Morgan fingerprint density at radius 1 is 1.26 bits per heavy atom. The average molecular weight is 363 g/mol. The summed E-state index contributed by atoms with van der Waals surface area (Å²) in [6.07, 6.45) is -1.84. The third-order valence-electron chi connectivity index (χ3n) is 4.09. The predicted octanol–water partition coefficient (Wildman–Crippen LogP) is 2.10. The van der Waals surface area contributed by atoms with E-state index in [1.807, 2.05) is 0 Å². The topological polar surface area (TPSA) is 60.9 Å². The molecule has 2 heterocycles. The van der Waals surface area contributed by atoms with Gasteiger partial charge in [-0.15, -0.1) is 0 Å². The molecule has 134 valence electrons. The van der Waals surface area contributed by atoms with Crippen molar-refractivity contribution in [3.8, 4) is 0 Å². The van der Waals surface area contributed by atoms with E-state index in [1.165, 1.54) is 6.42 Å². The zero-order valence-electron chi connectivity index (χ0n) is 12.5. The van der Waals surface area contributed by atoms with Gasteiger partial charge in [0, 0.05) is 19.1 Å². The van der Waals surface area contributed by atoms with E-state index in [9.17, 15) is 22.4 Å². The molecule has 0 aromatic rings. The second-order valence-electron chi connectivity index (χ2n) is 5.63. The summed E-state index contributed by atoms with van der Waals surface area (Å²) in [6.45, 7) is 2.44. The van der Waals surface area contributed by atoms with Gasteiger partial charge in [0.05, 0.1) is 0 Å². The van der Waals surface area contributed by atoms with Crippen molar-refractivity contribution < 1.29 is 32.3 Å². The van der Waals surface area contributed by atoms with Gasteiger partial charge in [0.25, 0.3) is 11.5 Å². The molecule has 3 unspecified atom stereocenters. The quantitative estimate of drug-likeness (QED) is 0.573. The fourth-order valence-corrected chi connectivity index (χ4v) is 3.13. The van der Waals surface area contributed by atoms with Gasteiger partial charge < -0.3 is 14.9 Å². The summed E-state index contributed by atoms with van der Waals surface area (Å²) in [6, 6.07) is 0.561. The lowest BCUT2D eigenvalue weighted by atomic mass is 9.84. The van der Waals surface area contributed by atoms with Crippen molar-refractivity contribution in [2.24, 2.45) is 5.92 Å². The zero-order valence-corrected chi connectivity index (χ0v) is 13.3. The molecule has 0 aliphatic carbocycles. The summed E-state index contributed by atoms with van der Waals surface area (Å²) in [5, 5.41) is 7.12. The van der Waals surface area contributed by atoms with Crippen molar-refractivity contribution in [1.82, 2.24) is 9.80 Å². The van der Waals surface area contributed by atoms with E-state index >= 15 is 0 Å². The summed E-state index contributed by atoms with van der Waals surface area (Å²) >= 11 is 5.20. The monoisotopic (exact) mass is 362 g/mol. The van der Waals surface area contributed by atoms with Gasteiger partial charge in [-0.2, -0.15) is 13.2 Å². The van der Waals surface area contributed by atoms with Crippen molar-refractivity contribution in [1.29, 1.82) is 0 Å². The van der Waals surface area contributed by atoms with Gasteiger partial charge in [-0.05, 0) is 38.8 Å². The molecular formula is C13H19ClF4N2O3. The largest absolute Gasteiger partial charge is 0.490 e. The molecule has 2 aliphatic heterocycles. The number of halogens is 5. The number of rotatable bonds is 1. The Balaban J connectivity index is 0.000000322. The van der Waals surface area contributed by atoms with E-state index < -0.39 is 23.7 Å². The van der Waals surface area contributed by atoms with Crippen LogP contribution in [0, 0.1) is 5.92 Å². The van der Waals surface area contributed by atoms with Gasteiger partial charge in [-0.1, -0.05) is 11.6 Å². The maximum absolute atomic E-state index is 12.7. The first-order chi connectivity index (χ1) is 10.5. The number of carbonyl (C=O) groups is 2. The molecule has 1 N–H and O–H groups in total. The van der Waals surface area contributed by atoms with Crippen LogP contribution < -0.4 is 0 Å². The number of likely N-dealkylation sites (tertiary alicyclic amines) is 2. The molecule has 23 heavy (non-hydrogen) atoms. The molecule has 0 saturated carbocycles. The smallest absolute Gasteiger partial charge is 0.475 e. The van der Waals surface area contributed by atoms with Crippen LogP contribution in [0.25, 0.3) is 0 Å². The molecule has 10 heteroatoms. The number of fused-ring (bicyclic) bond motifs is 1. The lowest BCUT2D eigenvalue weighted by Gasteiger charge is -2.45. The fraction of sp³-hybridized carbons (Fsp3) is 0.846. The molecule has 2 rings (SSSR count). The van der Waals surface area contributed by atoms with E-state index in [0.717, 1.165) is 19.4 Å². The van der Waals surface area contributed by atoms with Gasteiger partial charge in [-0.25, -0.2) is 9.18 Å². The highest BCUT2D eigenvalue weighted by molar-refractivity contribution is 6.29. The number of piperidine rings is 2. The number of alkyl halides is 5. The Hall–Kier alpha value is -1.09. The summed E-state index contributed by atoms with van der Waals surface area (Å²) < 4.78 is 44.5. The first kappa shape index (κ1) is 20.0. The van der Waals surface area contributed by atoms with Crippen molar-refractivity contribution in [2.45, 2.75) is 37.1 Å². The first-order valence-corrected chi connectivity index (χ1v) is 7.55. The van der Waals surface area contributed by atoms with Crippen LogP contribution in [-0.2, 0) is 9.59 Å². The summed E-state index contributed by atoms with van der Waals surface area (Å²) in [7, 11) is 2.13. The van der Waals surface area contributed by atoms with Gasteiger partial charge in [0.2, 0.25) is 0 Å². The second-order valence-corrected chi connectivity index (χ2v) is 6.01.